The summed E-state index contributed by atoms with van der Waals surface area (Å²) in [4.78, 5) is 13.8. The SMILES string of the molecule is CCC(CC)(CO)CNC1CCN(C(=O)OC(C)(C)C)C1. The molecule has 0 aliphatic carbocycles. The fourth-order valence-corrected chi connectivity index (χ4v) is 2.56. The normalized spacial score (nSPS) is 19.9. The van der Waals surface area contributed by atoms with Gasteiger partial charge in [-0.3, -0.25) is 0 Å². The lowest BCUT2D eigenvalue weighted by Crippen LogP contribution is -2.43. The molecule has 1 heterocycles. The van der Waals surface area contributed by atoms with Gasteiger partial charge in [0.1, 0.15) is 5.60 Å². The van der Waals surface area contributed by atoms with Gasteiger partial charge >= 0.3 is 6.09 Å². The summed E-state index contributed by atoms with van der Waals surface area (Å²) in [6.45, 7) is 12.3. The number of aliphatic hydroxyl groups is 1. The molecule has 0 aromatic rings. The Morgan fingerprint density at radius 3 is 2.43 bits per heavy atom. The second-order valence-corrected chi connectivity index (χ2v) is 7.16. The van der Waals surface area contributed by atoms with Crippen LogP contribution in [-0.2, 0) is 4.74 Å². The van der Waals surface area contributed by atoms with Crippen molar-refractivity contribution in [3.63, 3.8) is 0 Å². The number of carbonyl (C=O) groups excluding carboxylic acids is 1. The van der Waals surface area contributed by atoms with Crippen molar-refractivity contribution in [1.29, 1.82) is 0 Å². The molecule has 1 aliphatic heterocycles. The molecule has 5 nitrogen and oxygen atoms in total. The Hall–Kier alpha value is -0.810. The number of nitrogens with zero attached hydrogens (tertiary/aromatic N) is 1. The van der Waals surface area contributed by atoms with Gasteiger partial charge in [-0.05, 0) is 40.0 Å². The van der Waals surface area contributed by atoms with Crippen LogP contribution in [0.5, 0.6) is 0 Å². The largest absolute Gasteiger partial charge is 0.444 e. The van der Waals surface area contributed by atoms with Crippen molar-refractivity contribution < 1.29 is 14.6 Å². The third-order valence-electron chi connectivity index (χ3n) is 4.44. The van der Waals surface area contributed by atoms with Gasteiger partial charge in [-0.1, -0.05) is 13.8 Å². The molecular weight excluding hydrogens is 268 g/mol. The maximum Gasteiger partial charge on any atom is 0.410 e. The summed E-state index contributed by atoms with van der Waals surface area (Å²) >= 11 is 0. The number of carbonyl (C=O) groups is 1. The number of aliphatic hydroxyl groups excluding tert-OH is 1. The third kappa shape index (κ3) is 5.47. The number of likely N-dealkylation sites (tertiary alicyclic amines) is 1. The molecule has 1 rings (SSSR count). The Balaban J connectivity index is 2.43. The van der Waals surface area contributed by atoms with Crippen LogP contribution in [0.2, 0.25) is 0 Å². The molecule has 0 spiro atoms. The Labute approximate surface area is 129 Å². The molecule has 2 N–H and O–H groups in total. The van der Waals surface area contributed by atoms with E-state index in [0.29, 0.717) is 12.6 Å². The van der Waals surface area contributed by atoms with E-state index in [1.165, 1.54) is 0 Å². The molecule has 5 heteroatoms. The van der Waals surface area contributed by atoms with Gasteiger partial charge < -0.3 is 20.1 Å². The van der Waals surface area contributed by atoms with E-state index in [1.807, 2.05) is 20.8 Å². The van der Waals surface area contributed by atoms with Crippen LogP contribution in [0, 0.1) is 5.41 Å². The van der Waals surface area contributed by atoms with E-state index >= 15 is 0 Å². The molecule has 1 atom stereocenters. The summed E-state index contributed by atoms with van der Waals surface area (Å²) in [6, 6.07) is 0.293. The van der Waals surface area contributed by atoms with Crippen molar-refractivity contribution in [2.75, 3.05) is 26.2 Å². The van der Waals surface area contributed by atoms with Crippen LogP contribution in [0.3, 0.4) is 0 Å². The first-order valence-corrected chi connectivity index (χ1v) is 8.07. The average molecular weight is 300 g/mol. The molecule has 0 aromatic carbocycles. The zero-order valence-corrected chi connectivity index (χ0v) is 14.2. The van der Waals surface area contributed by atoms with Crippen LogP contribution in [0.15, 0.2) is 0 Å². The predicted molar refractivity (Wildman–Crippen MR) is 84.3 cm³/mol. The quantitative estimate of drug-likeness (QED) is 0.790. The molecule has 1 saturated heterocycles. The minimum Gasteiger partial charge on any atom is -0.444 e. The summed E-state index contributed by atoms with van der Waals surface area (Å²) < 4.78 is 5.40. The van der Waals surface area contributed by atoms with Gasteiger partial charge in [-0.15, -0.1) is 0 Å². The summed E-state index contributed by atoms with van der Waals surface area (Å²) in [6.07, 6.45) is 2.62. The highest BCUT2D eigenvalue weighted by Gasteiger charge is 2.32. The zero-order valence-electron chi connectivity index (χ0n) is 14.2. The first-order valence-electron chi connectivity index (χ1n) is 8.07. The molecule has 0 radical (unpaired) electrons. The standard InChI is InChI=1S/C16H32N2O3/c1-6-16(7-2,12-19)11-17-13-8-9-18(10-13)14(20)21-15(3,4)5/h13,17,19H,6-12H2,1-5H3. The number of hydrogen-bond acceptors (Lipinski definition) is 4. The molecule has 0 aromatic heterocycles. The van der Waals surface area contributed by atoms with E-state index in [-0.39, 0.29) is 18.1 Å². The molecule has 1 aliphatic rings. The monoisotopic (exact) mass is 300 g/mol. The maximum absolute atomic E-state index is 12.0. The van der Waals surface area contributed by atoms with Crippen molar-refractivity contribution in [3.05, 3.63) is 0 Å². The van der Waals surface area contributed by atoms with Gasteiger partial charge in [0.05, 0.1) is 0 Å². The van der Waals surface area contributed by atoms with Gasteiger partial charge in [0.15, 0.2) is 0 Å². The highest BCUT2D eigenvalue weighted by atomic mass is 16.6. The molecule has 21 heavy (non-hydrogen) atoms. The van der Waals surface area contributed by atoms with E-state index in [4.69, 9.17) is 4.74 Å². The van der Waals surface area contributed by atoms with E-state index in [0.717, 1.165) is 32.4 Å². The summed E-state index contributed by atoms with van der Waals surface area (Å²) in [5.41, 5.74) is -0.488. The Morgan fingerprint density at radius 2 is 1.95 bits per heavy atom. The number of rotatable bonds is 6. The molecule has 1 unspecified atom stereocenters. The zero-order chi connectivity index (χ0) is 16.1. The van der Waals surface area contributed by atoms with Crippen molar-refractivity contribution in [3.8, 4) is 0 Å². The predicted octanol–water partition coefficient (Wildman–Crippen LogP) is 2.38. The highest BCUT2D eigenvalue weighted by molar-refractivity contribution is 5.68. The smallest absolute Gasteiger partial charge is 0.410 e. The molecule has 124 valence electrons. The van der Waals surface area contributed by atoms with Gasteiger partial charge in [0.2, 0.25) is 0 Å². The maximum atomic E-state index is 12.0. The fourth-order valence-electron chi connectivity index (χ4n) is 2.56. The summed E-state index contributed by atoms with van der Waals surface area (Å²) in [5.74, 6) is 0. The lowest BCUT2D eigenvalue weighted by atomic mass is 9.83. The minimum absolute atomic E-state index is 0.0423. The van der Waals surface area contributed by atoms with Crippen molar-refractivity contribution >= 4 is 6.09 Å². The fraction of sp³-hybridized carbons (Fsp3) is 0.938. The van der Waals surface area contributed by atoms with Crippen LogP contribution >= 0.6 is 0 Å². The number of ether oxygens (including phenoxy) is 1. The number of hydrogen-bond donors (Lipinski definition) is 2. The average Bonchev–Trinajstić information content (AvgIpc) is 2.88. The van der Waals surface area contributed by atoms with E-state index < -0.39 is 5.60 Å². The molecule has 0 saturated carbocycles. The first kappa shape index (κ1) is 18.2. The highest BCUT2D eigenvalue weighted by Crippen LogP contribution is 2.25. The first-order chi connectivity index (χ1) is 9.75. The Kier molecular flexibility index (Phi) is 6.47. The molecular formula is C16H32N2O3. The van der Waals surface area contributed by atoms with Crippen LogP contribution < -0.4 is 5.32 Å². The van der Waals surface area contributed by atoms with Crippen LogP contribution in [0.4, 0.5) is 4.79 Å². The lowest BCUT2D eigenvalue weighted by Gasteiger charge is -2.31. The van der Waals surface area contributed by atoms with Crippen molar-refractivity contribution in [2.24, 2.45) is 5.41 Å². The molecule has 1 amide bonds. The number of nitrogens with one attached hydrogen (secondary N) is 1. The van der Waals surface area contributed by atoms with Crippen molar-refractivity contribution in [2.45, 2.75) is 65.5 Å². The third-order valence-corrected chi connectivity index (χ3v) is 4.44. The van der Waals surface area contributed by atoms with Crippen LogP contribution in [-0.4, -0.2) is 54.0 Å². The van der Waals surface area contributed by atoms with Crippen LogP contribution in [0.25, 0.3) is 0 Å². The van der Waals surface area contributed by atoms with Gasteiger partial charge in [0, 0.05) is 37.7 Å². The summed E-state index contributed by atoms with van der Waals surface area (Å²) in [7, 11) is 0. The number of amides is 1. The molecule has 1 fully saturated rings. The summed E-state index contributed by atoms with van der Waals surface area (Å²) in [5, 5.41) is 13.1. The van der Waals surface area contributed by atoms with Gasteiger partial charge in [0.25, 0.3) is 0 Å². The second-order valence-electron chi connectivity index (χ2n) is 7.16. The Bertz CT molecular complexity index is 327. The van der Waals surface area contributed by atoms with E-state index in [9.17, 15) is 9.90 Å². The van der Waals surface area contributed by atoms with E-state index in [1.54, 1.807) is 4.90 Å². The Morgan fingerprint density at radius 1 is 1.33 bits per heavy atom. The van der Waals surface area contributed by atoms with Crippen molar-refractivity contribution in [1.82, 2.24) is 10.2 Å². The van der Waals surface area contributed by atoms with Gasteiger partial charge in [-0.2, -0.15) is 0 Å². The minimum atomic E-state index is -0.445. The molecule has 0 bridgehead atoms. The lowest BCUT2D eigenvalue weighted by molar-refractivity contribution is 0.0289. The van der Waals surface area contributed by atoms with Gasteiger partial charge in [-0.25, -0.2) is 4.79 Å². The second kappa shape index (κ2) is 7.45. The topological polar surface area (TPSA) is 61.8 Å². The van der Waals surface area contributed by atoms with Crippen LogP contribution in [0.1, 0.15) is 53.9 Å². The van der Waals surface area contributed by atoms with E-state index in [2.05, 4.69) is 19.2 Å².